The maximum atomic E-state index is 14.0. The predicted octanol–water partition coefficient (Wildman–Crippen LogP) is 4.40. The summed E-state index contributed by atoms with van der Waals surface area (Å²) in [6.07, 6.45) is 3.07. The molecule has 0 saturated carbocycles. The number of pyridine rings is 3. The molecule has 0 spiro atoms. The van der Waals surface area contributed by atoms with Crippen LogP contribution in [-0.2, 0) is 26.5 Å². The molecule has 4 rings (SSSR count). The maximum Gasteiger partial charge on any atom is 2.00 e. The van der Waals surface area contributed by atoms with Crippen LogP contribution in [0.2, 0.25) is 0 Å². The van der Waals surface area contributed by atoms with Gasteiger partial charge in [-0.2, -0.15) is 17.2 Å². The molecule has 0 radical (unpaired) electrons. The molecule has 0 fully saturated rings. The normalized spacial score (nSPS) is 11.2. The molecule has 4 aromatic heterocycles. The van der Waals surface area contributed by atoms with Gasteiger partial charge in [0.15, 0.2) is 0 Å². The van der Waals surface area contributed by atoms with Crippen molar-refractivity contribution >= 4 is 0 Å². The molecule has 154 valence electrons. The van der Waals surface area contributed by atoms with E-state index in [4.69, 9.17) is 4.98 Å². The quantitative estimate of drug-likeness (QED) is 0.265. The molecule has 0 aromatic carbocycles. The van der Waals surface area contributed by atoms with Crippen molar-refractivity contribution in [3.05, 3.63) is 89.6 Å². The SMILES string of the molecule is Cc1c[c-]c(-c2cccc(C(C)(C)c3ccn(-c4[c-]ccnc4F)n3)n2)c(C)n1.[Pt+2]. The summed E-state index contributed by atoms with van der Waals surface area (Å²) in [5, 5.41) is 4.57. The summed E-state index contributed by atoms with van der Waals surface area (Å²) in [5.41, 5.74) is 4.81. The molecule has 0 aliphatic heterocycles. The maximum absolute atomic E-state index is 14.0. The number of nitrogens with zero attached hydrogens (tertiary/aromatic N) is 5. The van der Waals surface area contributed by atoms with Gasteiger partial charge in [0, 0.05) is 17.6 Å². The van der Waals surface area contributed by atoms with E-state index in [1.165, 1.54) is 10.9 Å². The van der Waals surface area contributed by atoms with Crippen molar-refractivity contribution in [2.24, 2.45) is 0 Å². The summed E-state index contributed by atoms with van der Waals surface area (Å²) in [5.74, 6) is -0.613. The fourth-order valence-electron chi connectivity index (χ4n) is 3.23. The van der Waals surface area contributed by atoms with Crippen LogP contribution >= 0.6 is 0 Å². The van der Waals surface area contributed by atoms with E-state index in [9.17, 15) is 4.39 Å². The van der Waals surface area contributed by atoms with Crippen LogP contribution in [0.25, 0.3) is 16.9 Å². The molecular weight excluding hydrogens is 560 g/mol. The second-order valence-electron chi connectivity index (χ2n) is 7.41. The van der Waals surface area contributed by atoms with Crippen molar-refractivity contribution in [3.8, 4) is 16.9 Å². The van der Waals surface area contributed by atoms with Crippen LogP contribution in [-0.4, -0.2) is 24.7 Å². The molecule has 30 heavy (non-hydrogen) atoms. The summed E-state index contributed by atoms with van der Waals surface area (Å²) in [6.45, 7) is 7.98. The number of rotatable bonds is 4. The van der Waals surface area contributed by atoms with Crippen molar-refractivity contribution in [1.29, 1.82) is 0 Å². The zero-order chi connectivity index (χ0) is 20.6. The van der Waals surface area contributed by atoms with Crippen LogP contribution in [0.5, 0.6) is 0 Å². The topological polar surface area (TPSA) is 56.5 Å². The molecule has 4 aromatic rings. The Labute approximate surface area is 189 Å². The fourth-order valence-corrected chi connectivity index (χ4v) is 3.23. The van der Waals surface area contributed by atoms with E-state index in [0.717, 1.165) is 34.0 Å². The molecule has 0 aliphatic carbocycles. The first kappa shape index (κ1) is 22.0. The van der Waals surface area contributed by atoms with Gasteiger partial charge in [-0.15, -0.1) is 17.7 Å². The van der Waals surface area contributed by atoms with E-state index in [-0.39, 0.29) is 26.8 Å². The van der Waals surface area contributed by atoms with Crippen molar-refractivity contribution in [2.45, 2.75) is 33.1 Å². The van der Waals surface area contributed by atoms with Crippen LogP contribution in [0.1, 0.15) is 36.6 Å². The minimum absolute atomic E-state index is 0. The van der Waals surface area contributed by atoms with Gasteiger partial charge in [0.05, 0.1) is 11.1 Å². The third kappa shape index (κ3) is 4.10. The van der Waals surface area contributed by atoms with Gasteiger partial charge in [-0.25, -0.2) is 0 Å². The molecule has 5 nitrogen and oxygen atoms in total. The first-order valence-electron chi connectivity index (χ1n) is 9.29. The average molecular weight is 581 g/mol. The van der Waals surface area contributed by atoms with Crippen molar-refractivity contribution in [2.75, 3.05) is 0 Å². The molecule has 0 atom stereocenters. The largest absolute Gasteiger partial charge is 2.00 e. The van der Waals surface area contributed by atoms with Crippen LogP contribution in [0, 0.1) is 31.9 Å². The summed E-state index contributed by atoms with van der Waals surface area (Å²) in [7, 11) is 0. The zero-order valence-corrected chi connectivity index (χ0v) is 19.3. The van der Waals surface area contributed by atoms with E-state index in [1.807, 2.05) is 58.0 Å². The van der Waals surface area contributed by atoms with Gasteiger partial charge in [-0.05, 0) is 43.1 Å². The summed E-state index contributed by atoms with van der Waals surface area (Å²) >= 11 is 0. The average Bonchev–Trinajstić information content (AvgIpc) is 3.19. The summed E-state index contributed by atoms with van der Waals surface area (Å²) < 4.78 is 15.4. The number of halogens is 1. The molecule has 0 amide bonds. The van der Waals surface area contributed by atoms with E-state index < -0.39 is 11.4 Å². The Kier molecular flexibility index (Phi) is 6.27. The number of aromatic nitrogens is 5. The zero-order valence-electron chi connectivity index (χ0n) is 17.0. The van der Waals surface area contributed by atoms with Crippen LogP contribution in [0.4, 0.5) is 4.39 Å². The number of hydrogen-bond donors (Lipinski definition) is 0. The van der Waals surface area contributed by atoms with Gasteiger partial charge in [-0.3, -0.25) is 9.07 Å². The number of hydrogen-bond acceptors (Lipinski definition) is 4. The minimum Gasteiger partial charge on any atom is -0.356 e. The molecular formula is C23H20FN5Pt. The Morgan fingerprint density at radius 3 is 2.57 bits per heavy atom. The van der Waals surface area contributed by atoms with Crippen molar-refractivity contribution in [3.63, 3.8) is 0 Å². The van der Waals surface area contributed by atoms with Crippen LogP contribution in [0.15, 0.2) is 48.8 Å². The second kappa shape index (κ2) is 8.56. The summed E-state index contributed by atoms with van der Waals surface area (Å²) in [4.78, 5) is 13.0. The predicted molar refractivity (Wildman–Crippen MR) is 108 cm³/mol. The third-order valence-corrected chi connectivity index (χ3v) is 4.91. The third-order valence-electron chi connectivity index (χ3n) is 4.91. The van der Waals surface area contributed by atoms with E-state index in [0.29, 0.717) is 0 Å². The van der Waals surface area contributed by atoms with Gasteiger partial charge in [0.2, 0.25) is 0 Å². The first-order chi connectivity index (χ1) is 13.9. The van der Waals surface area contributed by atoms with Gasteiger partial charge in [0.25, 0.3) is 0 Å². The Morgan fingerprint density at radius 1 is 1.03 bits per heavy atom. The Hall–Kier alpha value is -2.72. The molecule has 4 heterocycles. The van der Waals surface area contributed by atoms with Crippen molar-refractivity contribution in [1.82, 2.24) is 24.7 Å². The standard InChI is InChI=1S/C23H20FN5.Pt/c1-15-10-11-17(16(2)26-15)18-7-5-9-20(27-18)23(3,4)21-12-14-29(28-21)19-8-6-13-25-22(19)24;/h5-7,9-10,12-14H,1-4H3;/q-2;+2. The monoisotopic (exact) mass is 580 g/mol. The molecule has 0 unspecified atom stereocenters. The Bertz CT molecular complexity index is 1190. The molecule has 7 heteroatoms. The van der Waals surface area contributed by atoms with E-state index in [2.05, 4.69) is 27.2 Å². The molecule has 0 saturated heterocycles. The van der Waals surface area contributed by atoms with Gasteiger partial charge in [-0.1, -0.05) is 32.2 Å². The van der Waals surface area contributed by atoms with Crippen LogP contribution in [0.3, 0.4) is 0 Å². The van der Waals surface area contributed by atoms with Gasteiger partial charge in [0.1, 0.15) is 5.95 Å². The Balaban J connectivity index is 0.00000256. The van der Waals surface area contributed by atoms with E-state index in [1.54, 1.807) is 12.3 Å². The number of aryl methyl sites for hydroxylation is 2. The van der Waals surface area contributed by atoms with E-state index >= 15 is 0 Å². The smallest absolute Gasteiger partial charge is 0.356 e. The summed E-state index contributed by atoms with van der Waals surface area (Å²) in [6, 6.07) is 17.3. The Morgan fingerprint density at radius 2 is 1.83 bits per heavy atom. The minimum atomic E-state index is -0.613. The molecule has 0 N–H and O–H groups in total. The van der Waals surface area contributed by atoms with Gasteiger partial charge >= 0.3 is 21.1 Å². The van der Waals surface area contributed by atoms with Crippen molar-refractivity contribution < 1.29 is 25.5 Å². The first-order valence-corrected chi connectivity index (χ1v) is 9.29. The van der Waals surface area contributed by atoms with Crippen LogP contribution < -0.4 is 0 Å². The molecule has 0 bridgehead atoms. The fraction of sp³-hybridized carbons (Fsp3) is 0.217. The molecule has 0 aliphatic rings. The second-order valence-corrected chi connectivity index (χ2v) is 7.41. The van der Waals surface area contributed by atoms with Gasteiger partial charge < -0.3 is 15.0 Å².